The van der Waals surface area contributed by atoms with Crippen LogP contribution in [0.3, 0.4) is 0 Å². The Bertz CT molecular complexity index is 339. The SMILES string of the molecule is CCN(C(C)(C)CN)S(=O)(=O)NC(=O)OC. The van der Waals surface area contributed by atoms with Gasteiger partial charge in [-0.05, 0) is 13.8 Å². The number of methoxy groups -OCH3 is 1. The summed E-state index contributed by atoms with van der Waals surface area (Å²) in [7, 11) is -2.83. The summed E-state index contributed by atoms with van der Waals surface area (Å²) in [6.07, 6.45) is -1.02. The molecular weight excluding hydrogens is 234 g/mol. The number of likely N-dealkylation sites (N-methyl/N-ethyl adjacent to an activating group) is 1. The molecule has 0 unspecified atom stereocenters. The number of rotatable bonds is 5. The van der Waals surface area contributed by atoms with Gasteiger partial charge in [0, 0.05) is 18.6 Å². The van der Waals surface area contributed by atoms with Crippen LogP contribution in [0.1, 0.15) is 20.8 Å². The Kier molecular flexibility index (Phi) is 5.17. The lowest BCUT2D eigenvalue weighted by Crippen LogP contribution is -2.56. The number of nitrogens with two attached hydrogens (primary N) is 1. The van der Waals surface area contributed by atoms with E-state index in [4.69, 9.17) is 5.73 Å². The molecule has 0 fully saturated rings. The minimum absolute atomic E-state index is 0.142. The molecule has 0 aromatic rings. The van der Waals surface area contributed by atoms with Crippen molar-refractivity contribution in [1.29, 1.82) is 0 Å². The fraction of sp³-hybridized carbons (Fsp3) is 0.875. The van der Waals surface area contributed by atoms with E-state index in [2.05, 4.69) is 4.74 Å². The Morgan fingerprint density at radius 2 is 2.00 bits per heavy atom. The molecule has 0 aliphatic rings. The average molecular weight is 253 g/mol. The van der Waals surface area contributed by atoms with Gasteiger partial charge in [-0.2, -0.15) is 12.7 Å². The third-order valence-electron chi connectivity index (χ3n) is 2.15. The summed E-state index contributed by atoms with van der Waals surface area (Å²) < 4.78 is 30.7. The second kappa shape index (κ2) is 5.46. The Labute approximate surface area is 96.1 Å². The zero-order chi connectivity index (χ0) is 13.0. The smallest absolute Gasteiger partial charge is 0.421 e. The summed E-state index contributed by atoms with van der Waals surface area (Å²) in [6.45, 7) is 5.35. The molecule has 96 valence electrons. The van der Waals surface area contributed by atoms with Crippen LogP contribution in [0.4, 0.5) is 4.79 Å². The van der Waals surface area contributed by atoms with Gasteiger partial charge in [-0.25, -0.2) is 9.52 Å². The normalized spacial score (nSPS) is 12.6. The molecule has 3 N–H and O–H groups in total. The first-order chi connectivity index (χ1) is 7.21. The molecule has 0 aliphatic heterocycles. The molecule has 16 heavy (non-hydrogen) atoms. The topological polar surface area (TPSA) is 102 Å². The van der Waals surface area contributed by atoms with Gasteiger partial charge < -0.3 is 10.5 Å². The standard InChI is InChI=1S/C8H19N3O4S/c1-5-11(8(2,3)6-9)16(13,14)10-7(12)15-4/h5-6,9H2,1-4H3,(H,10,12). The number of hydrogen-bond donors (Lipinski definition) is 2. The van der Waals surface area contributed by atoms with Crippen molar-refractivity contribution in [2.45, 2.75) is 26.3 Å². The summed E-state index contributed by atoms with van der Waals surface area (Å²) in [5.41, 5.74) is 4.72. The quantitative estimate of drug-likeness (QED) is 0.697. The molecule has 0 atom stereocenters. The van der Waals surface area contributed by atoms with Crippen LogP contribution in [0, 0.1) is 0 Å². The predicted octanol–water partition coefficient (Wildman–Crippen LogP) is -0.354. The van der Waals surface area contributed by atoms with Gasteiger partial charge in [0.25, 0.3) is 0 Å². The molecule has 8 heteroatoms. The lowest BCUT2D eigenvalue weighted by atomic mass is 10.1. The van der Waals surface area contributed by atoms with Crippen molar-refractivity contribution in [2.75, 3.05) is 20.2 Å². The van der Waals surface area contributed by atoms with Gasteiger partial charge in [0.05, 0.1) is 7.11 Å². The number of hydrogen-bond acceptors (Lipinski definition) is 5. The summed E-state index contributed by atoms with van der Waals surface area (Å²) in [6, 6.07) is 0. The number of ether oxygens (including phenoxy) is 1. The Hall–Kier alpha value is -0.860. The van der Waals surface area contributed by atoms with Crippen LogP contribution in [0.5, 0.6) is 0 Å². The van der Waals surface area contributed by atoms with E-state index in [1.807, 2.05) is 0 Å². The third-order valence-corrected chi connectivity index (χ3v) is 3.91. The van der Waals surface area contributed by atoms with Crippen molar-refractivity contribution < 1.29 is 17.9 Å². The second-order valence-electron chi connectivity index (χ2n) is 3.78. The molecule has 0 aliphatic carbocycles. The van der Waals surface area contributed by atoms with E-state index in [-0.39, 0.29) is 13.1 Å². The van der Waals surface area contributed by atoms with Crippen molar-refractivity contribution in [2.24, 2.45) is 5.73 Å². The lowest BCUT2D eigenvalue weighted by molar-refractivity contribution is 0.175. The van der Waals surface area contributed by atoms with Crippen LogP contribution in [0.15, 0.2) is 0 Å². The van der Waals surface area contributed by atoms with Crippen molar-refractivity contribution in [3.05, 3.63) is 0 Å². The fourth-order valence-corrected chi connectivity index (χ4v) is 2.70. The first-order valence-electron chi connectivity index (χ1n) is 4.80. The maximum Gasteiger partial charge on any atom is 0.421 e. The summed E-state index contributed by atoms with van der Waals surface area (Å²) in [5.74, 6) is 0. The summed E-state index contributed by atoms with van der Waals surface area (Å²) in [4.78, 5) is 10.9. The van der Waals surface area contributed by atoms with Gasteiger partial charge in [0.1, 0.15) is 0 Å². The lowest BCUT2D eigenvalue weighted by Gasteiger charge is -2.35. The van der Waals surface area contributed by atoms with Gasteiger partial charge in [0.2, 0.25) is 0 Å². The molecule has 0 heterocycles. The number of nitrogens with one attached hydrogen (secondary N) is 1. The number of amides is 1. The highest BCUT2D eigenvalue weighted by molar-refractivity contribution is 7.87. The minimum atomic E-state index is -3.92. The van der Waals surface area contributed by atoms with E-state index in [1.165, 1.54) is 0 Å². The minimum Gasteiger partial charge on any atom is -0.452 e. The molecule has 0 radical (unpaired) electrons. The van der Waals surface area contributed by atoms with Crippen LogP contribution >= 0.6 is 0 Å². The van der Waals surface area contributed by atoms with Gasteiger partial charge >= 0.3 is 16.3 Å². The van der Waals surface area contributed by atoms with Crippen molar-refractivity contribution in [1.82, 2.24) is 9.03 Å². The molecule has 0 rings (SSSR count). The van der Waals surface area contributed by atoms with Gasteiger partial charge in [0.15, 0.2) is 0 Å². The fourth-order valence-electron chi connectivity index (χ4n) is 1.23. The Morgan fingerprint density at radius 3 is 2.31 bits per heavy atom. The molecule has 0 saturated carbocycles. The van der Waals surface area contributed by atoms with Crippen LogP contribution in [-0.4, -0.2) is 44.6 Å². The Morgan fingerprint density at radius 1 is 1.50 bits per heavy atom. The first kappa shape index (κ1) is 15.1. The van der Waals surface area contributed by atoms with Gasteiger partial charge in [-0.15, -0.1) is 0 Å². The molecule has 0 bridgehead atoms. The zero-order valence-corrected chi connectivity index (χ0v) is 10.8. The van der Waals surface area contributed by atoms with E-state index < -0.39 is 21.8 Å². The molecule has 0 saturated heterocycles. The summed E-state index contributed by atoms with van der Waals surface area (Å²) >= 11 is 0. The highest BCUT2D eigenvalue weighted by Crippen LogP contribution is 2.16. The van der Waals surface area contributed by atoms with E-state index in [0.717, 1.165) is 11.4 Å². The van der Waals surface area contributed by atoms with Gasteiger partial charge in [-0.3, -0.25) is 0 Å². The van der Waals surface area contributed by atoms with Crippen LogP contribution in [0.2, 0.25) is 0 Å². The van der Waals surface area contributed by atoms with Crippen molar-refractivity contribution in [3.63, 3.8) is 0 Å². The predicted molar refractivity (Wildman–Crippen MR) is 60.0 cm³/mol. The monoisotopic (exact) mass is 253 g/mol. The number of nitrogens with zero attached hydrogens (tertiary/aromatic N) is 1. The van der Waals surface area contributed by atoms with Crippen LogP contribution < -0.4 is 10.5 Å². The van der Waals surface area contributed by atoms with Crippen molar-refractivity contribution in [3.8, 4) is 0 Å². The average Bonchev–Trinajstić information content (AvgIpc) is 2.16. The second-order valence-corrected chi connectivity index (χ2v) is 5.38. The van der Waals surface area contributed by atoms with E-state index in [1.54, 1.807) is 25.5 Å². The zero-order valence-electron chi connectivity index (χ0n) is 9.98. The van der Waals surface area contributed by atoms with Crippen molar-refractivity contribution >= 4 is 16.3 Å². The number of carbonyl (C=O) groups excluding carboxylic acids is 1. The molecule has 7 nitrogen and oxygen atoms in total. The first-order valence-corrected chi connectivity index (χ1v) is 6.24. The van der Waals surface area contributed by atoms with E-state index in [0.29, 0.717) is 0 Å². The highest BCUT2D eigenvalue weighted by atomic mass is 32.2. The van der Waals surface area contributed by atoms with Crippen LogP contribution in [0.25, 0.3) is 0 Å². The maximum absolute atomic E-state index is 11.8. The largest absolute Gasteiger partial charge is 0.452 e. The van der Waals surface area contributed by atoms with E-state index in [9.17, 15) is 13.2 Å². The maximum atomic E-state index is 11.8. The molecule has 0 spiro atoms. The van der Waals surface area contributed by atoms with Crippen LogP contribution in [-0.2, 0) is 14.9 Å². The highest BCUT2D eigenvalue weighted by Gasteiger charge is 2.35. The Balaban J connectivity index is 5.03. The molecule has 0 aromatic carbocycles. The number of carbonyl (C=O) groups is 1. The molecule has 1 amide bonds. The van der Waals surface area contributed by atoms with E-state index >= 15 is 0 Å². The molecular formula is C8H19N3O4S. The summed E-state index contributed by atoms with van der Waals surface area (Å²) in [5, 5.41) is 0. The van der Waals surface area contributed by atoms with Gasteiger partial charge in [-0.1, -0.05) is 6.92 Å². The molecule has 0 aromatic heterocycles. The third kappa shape index (κ3) is 3.62.